The van der Waals surface area contributed by atoms with Gasteiger partial charge >= 0.3 is 6.09 Å². The Kier molecular flexibility index (Phi) is 4.75. The minimum absolute atomic E-state index is 0.340. The molecule has 0 fully saturated rings. The third kappa shape index (κ3) is 3.58. The van der Waals surface area contributed by atoms with Gasteiger partial charge in [0.1, 0.15) is 18.1 Å². The molecule has 0 aliphatic carbocycles. The molecule has 0 radical (unpaired) electrons. The largest absolute Gasteiger partial charge is 0.444 e. The highest BCUT2D eigenvalue weighted by atomic mass is 16.6. The highest BCUT2D eigenvalue weighted by Gasteiger charge is 2.36. The molecule has 1 aromatic carbocycles. The van der Waals surface area contributed by atoms with Crippen molar-refractivity contribution in [3.63, 3.8) is 0 Å². The Balaban J connectivity index is 1.94. The second-order valence-corrected chi connectivity index (χ2v) is 6.52. The number of amides is 1. The van der Waals surface area contributed by atoms with Gasteiger partial charge < -0.3 is 19.8 Å². The minimum atomic E-state index is -0.863. The van der Waals surface area contributed by atoms with E-state index in [4.69, 9.17) is 4.74 Å². The molecule has 1 aromatic rings. The van der Waals surface area contributed by atoms with Gasteiger partial charge in [0.15, 0.2) is 0 Å². The summed E-state index contributed by atoms with van der Waals surface area (Å²) in [5.41, 5.74) is 0.860. The van der Waals surface area contributed by atoms with Crippen molar-refractivity contribution in [3.05, 3.63) is 35.4 Å². The number of aliphatic hydroxyl groups excluding tert-OH is 2. The van der Waals surface area contributed by atoms with Gasteiger partial charge in [-0.15, -0.1) is 0 Å². The molecular formula is C16H24N2O4. The van der Waals surface area contributed by atoms with Crippen LogP contribution < -0.4 is 0 Å². The predicted octanol–water partition coefficient (Wildman–Crippen LogP) is 1.85. The third-order valence-corrected chi connectivity index (χ3v) is 3.58. The summed E-state index contributed by atoms with van der Waals surface area (Å²) < 4.78 is 5.27. The van der Waals surface area contributed by atoms with E-state index in [-0.39, 0.29) is 0 Å². The standard InChI is InChI=1S/C16H24N2O4/c1-16(2,3)22-15(21)17(4)9-10-18-13(19)11-7-5-6-8-12(11)14(18)20/h5-8,13-14,19-20H,9-10H2,1-4H3. The highest BCUT2D eigenvalue weighted by Crippen LogP contribution is 2.38. The van der Waals surface area contributed by atoms with Gasteiger partial charge in [0.2, 0.25) is 0 Å². The number of hydrogen-bond donors (Lipinski definition) is 2. The molecule has 1 aliphatic rings. The smallest absolute Gasteiger partial charge is 0.410 e. The number of carbonyl (C=O) groups is 1. The summed E-state index contributed by atoms with van der Waals surface area (Å²) in [5.74, 6) is 0. The van der Waals surface area contributed by atoms with Gasteiger partial charge in [-0.25, -0.2) is 9.69 Å². The fourth-order valence-electron chi connectivity index (χ4n) is 2.41. The summed E-state index contributed by atoms with van der Waals surface area (Å²) in [6.07, 6.45) is -2.15. The summed E-state index contributed by atoms with van der Waals surface area (Å²) in [6.45, 7) is 6.11. The maximum Gasteiger partial charge on any atom is 0.410 e. The van der Waals surface area contributed by atoms with Crippen molar-refractivity contribution < 1.29 is 19.7 Å². The lowest BCUT2D eigenvalue weighted by Crippen LogP contribution is -2.39. The quantitative estimate of drug-likeness (QED) is 0.891. The van der Waals surface area contributed by atoms with Crippen LogP contribution in [0.3, 0.4) is 0 Å². The first-order chi connectivity index (χ1) is 10.2. The average Bonchev–Trinajstić information content (AvgIpc) is 2.67. The number of rotatable bonds is 3. The van der Waals surface area contributed by atoms with E-state index in [2.05, 4.69) is 0 Å². The Morgan fingerprint density at radius 3 is 2.18 bits per heavy atom. The predicted molar refractivity (Wildman–Crippen MR) is 81.9 cm³/mol. The Morgan fingerprint density at radius 2 is 1.73 bits per heavy atom. The summed E-state index contributed by atoms with van der Waals surface area (Å²) in [7, 11) is 1.63. The fraction of sp³-hybridized carbons (Fsp3) is 0.562. The molecule has 0 saturated carbocycles. The van der Waals surface area contributed by atoms with E-state index in [9.17, 15) is 15.0 Å². The first-order valence-electron chi connectivity index (χ1n) is 7.35. The summed E-state index contributed by atoms with van der Waals surface area (Å²) in [6, 6.07) is 7.23. The Hall–Kier alpha value is -1.63. The van der Waals surface area contributed by atoms with Crippen LogP contribution in [0.1, 0.15) is 44.4 Å². The van der Waals surface area contributed by atoms with E-state index < -0.39 is 24.2 Å². The van der Waals surface area contributed by atoms with Crippen LogP contribution in [0, 0.1) is 0 Å². The van der Waals surface area contributed by atoms with Crippen LogP contribution in [0.4, 0.5) is 4.79 Å². The lowest BCUT2D eigenvalue weighted by atomic mass is 10.1. The lowest BCUT2D eigenvalue weighted by molar-refractivity contribution is -0.0867. The molecule has 22 heavy (non-hydrogen) atoms. The lowest BCUT2D eigenvalue weighted by Gasteiger charge is -2.28. The molecule has 6 heteroatoms. The van der Waals surface area contributed by atoms with Crippen LogP contribution in [-0.4, -0.2) is 51.8 Å². The van der Waals surface area contributed by atoms with Gasteiger partial charge in [0.05, 0.1) is 0 Å². The molecule has 0 aromatic heterocycles. The molecule has 1 heterocycles. The molecule has 2 atom stereocenters. The molecule has 6 nitrogen and oxygen atoms in total. The van der Waals surface area contributed by atoms with Crippen LogP contribution in [0.5, 0.6) is 0 Å². The molecule has 2 N–H and O–H groups in total. The molecule has 0 bridgehead atoms. The van der Waals surface area contributed by atoms with Gasteiger partial charge in [0.25, 0.3) is 0 Å². The second-order valence-electron chi connectivity index (χ2n) is 6.52. The fourth-order valence-corrected chi connectivity index (χ4v) is 2.41. The van der Waals surface area contributed by atoms with Crippen molar-refractivity contribution in [1.29, 1.82) is 0 Å². The maximum atomic E-state index is 11.9. The number of ether oxygens (including phenoxy) is 1. The van der Waals surface area contributed by atoms with Crippen molar-refractivity contribution in [2.75, 3.05) is 20.1 Å². The summed E-state index contributed by atoms with van der Waals surface area (Å²) in [5, 5.41) is 20.6. The van der Waals surface area contributed by atoms with Gasteiger partial charge in [-0.05, 0) is 20.8 Å². The highest BCUT2D eigenvalue weighted by molar-refractivity contribution is 5.67. The van der Waals surface area contributed by atoms with Crippen LogP contribution >= 0.6 is 0 Å². The van der Waals surface area contributed by atoms with Crippen LogP contribution in [0.15, 0.2) is 24.3 Å². The van der Waals surface area contributed by atoms with Gasteiger partial charge in [-0.1, -0.05) is 24.3 Å². The van der Waals surface area contributed by atoms with Crippen molar-refractivity contribution in [2.45, 2.75) is 38.8 Å². The van der Waals surface area contributed by atoms with Crippen molar-refractivity contribution in [3.8, 4) is 0 Å². The minimum Gasteiger partial charge on any atom is -0.444 e. The zero-order chi connectivity index (χ0) is 16.5. The van der Waals surface area contributed by atoms with Gasteiger partial charge in [-0.3, -0.25) is 0 Å². The Bertz CT molecular complexity index is 512. The van der Waals surface area contributed by atoms with E-state index in [0.29, 0.717) is 24.2 Å². The number of benzene rings is 1. The van der Waals surface area contributed by atoms with Crippen LogP contribution in [0.2, 0.25) is 0 Å². The number of aliphatic hydroxyl groups is 2. The van der Waals surface area contributed by atoms with Crippen LogP contribution in [-0.2, 0) is 4.74 Å². The summed E-state index contributed by atoms with van der Waals surface area (Å²) in [4.78, 5) is 14.9. The summed E-state index contributed by atoms with van der Waals surface area (Å²) >= 11 is 0. The number of carbonyl (C=O) groups excluding carboxylic acids is 1. The number of hydrogen-bond acceptors (Lipinski definition) is 5. The number of likely N-dealkylation sites (N-methyl/N-ethyl adjacent to an activating group) is 1. The zero-order valence-electron chi connectivity index (χ0n) is 13.5. The maximum absolute atomic E-state index is 11.9. The molecule has 2 rings (SSSR count). The normalized spacial score (nSPS) is 21.5. The monoisotopic (exact) mass is 308 g/mol. The molecule has 2 unspecified atom stereocenters. The first kappa shape index (κ1) is 16.7. The average molecular weight is 308 g/mol. The van der Waals surface area contributed by atoms with Gasteiger partial charge in [-0.2, -0.15) is 0 Å². The van der Waals surface area contributed by atoms with Crippen molar-refractivity contribution >= 4 is 6.09 Å². The number of nitrogens with zero attached hydrogens (tertiary/aromatic N) is 2. The van der Waals surface area contributed by atoms with E-state index in [1.165, 1.54) is 4.90 Å². The van der Waals surface area contributed by atoms with Crippen molar-refractivity contribution in [2.24, 2.45) is 0 Å². The SMILES string of the molecule is CN(CCN1C(O)c2ccccc2C1O)C(=O)OC(C)(C)C. The molecule has 1 aliphatic heterocycles. The molecule has 0 spiro atoms. The Labute approximate surface area is 130 Å². The molecule has 1 amide bonds. The van der Waals surface area contributed by atoms with Crippen LogP contribution in [0.25, 0.3) is 0 Å². The molecule has 0 saturated heterocycles. The zero-order valence-corrected chi connectivity index (χ0v) is 13.5. The van der Waals surface area contributed by atoms with E-state index >= 15 is 0 Å². The second kappa shape index (κ2) is 6.24. The molecule has 122 valence electrons. The molecular weight excluding hydrogens is 284 g/mol. The van der Waals surface area contributed by atoms with E-state index in [0.717, 1.165) is 0 Å². The van der Waals surface area contributed by atoms with E-state index in [1.807, 2.05) is 32.9 Å². The van der Waals surface area contributed by atoms with Crippen molar-refractivity contribution in [1.82, 2.24) is 9.80 Å². The van der Waals surface area contributed by atoms with E-state index in [1.54, 1.807) is 24.1 Å². The first-order valence-corrected chi connectivity index (χ1v) is 7.35. The van der Waals surface area contributed by atoms with Gasteiger partial charge in [0, 0.05) is 31.3 Å². The number of fused-ring (bicyclic) bond motifs is 1. The topological polar surface area (TPSA) is 73.2 Å². The third-order valence-electron chi connectivity index (χ3n) is 3.58. The Morgan fingerprint density at radius 1 is 1.23 bits per heavy atom.